The van der Waals surface area contributed by atoms with E-state index in [2.05, 4.69) is 15.4 Å². The van der Waals surface area contributed by atoms with E-state index in [0.717, 1.165) is 5.56 Å². The highest BCUT2D eigenvalue weighted by molar-refractivity contribution is 5.93. The van der Waals surface area contributed by atoms with E-state index in [1.807, 2.05) is 18.2 Å². The highest BCUT2D eigenvalue weighted by Gasteiger charge is 2.11. The molecule has 24 heavy (non-hydrogen) atoms. The lowest BCUT2D eigenvalue weighted by molar-refractivity contribution is 0.0949. The van der Waals surface area contributed by atoms with Gasteiger partial charge in [0.1, 0.15) is 0 Å². The fraction of sp³-hybridized carbons (Fsp3) is 0.235. The first-order valence-electron chi connectivity index (χ1n) is 7.51. The monoisotopic (exact) mass is 326 g/mol. The van der Waals surface area contributed by atoms with E-state index in [-0.39, 0.29) is 5.91 Å². The van der Waals surface area contributed by atoms with Crippen LogP contribution in [-0.4, -0.2) is 41.3 Å². The van der Waals surface area contributed by atoms with Gasteiger partial charge in [0.25, 0.3) is 5.91 Å². The minimum absolute atomic E-state index is 0.221. The molecule has 2 heterocycles. The first-order chi connectivity index (χ1) is 11.7. The van der Waals surface area contributed by atoms with Crippen molar-refractivity contribution >= 4 is 11.6 Å². The molecule has 0 atom stereocenters. The molecule has 0 saturated carbocycles. The molecule has 0 aliphatic carbocycles. The van der Waals surface area contributed by atoms with Gasteiger partial charge in [0, 0.05) is 25.0 Å². The summed E-state index contributed by atoms with van der Waals surface area (Å²) < 4.78 is 12.1. The largest absolute Gasteiger partial charge is 0.493 e. The number of benzene rings is 1. The molecule has 0 aliphatic heterocycles. The smallest absolute Gasteiger partial charge is 0.271 e. The molecule has 0 spiro atoms. The number of amides is 1. The molecule has 7 heteroatoms. The Labute approximate surface area is 139 Å². The summed E-state index contributed by atoms with van der Waals surface area (Å²) in [6.45, 7) is 0.496. The third-order valence-electron chi connectivity index (χ3n) is 3.62. The zero-order chi connectivity index (χ0) is 16.9. The molecule has 1 aromatic carbocycles. The maximum Gasteiger partial charge on any atom is 0.271 e. The number of fused-ring (bicyclic) bond motifs is 1. The molecular weight excluding hydrogens is 308 g/mol. The van der Waals surface area contributed by atoms with Gasteiger partial charge >= 0.3 is 0 Å². The predicted molar refractivity (Wildman–Crippen MR) is 88.6 cm³/mol. The second kappa shape index (κ2) is 6.99. The van der Waals surface area contributed by atoms with E-state index in [1.54, 1.807) is 43.3 Å². The van der Waals surface area contributed by atoms with E-state index in [0.29, 0.717) is 35.8 Å². The zero-order valence-electron chi connectivity index (χ0n) is 13.5. The summed E-state index contributed by atoms with van der Waals surface area (Å²) in [6, 6.07) is 9.12. The molecule has 0 unspecified atom stereocenters. The van der Waals surface area contributed by atoms with Gasteiger partial charge in [-0.2, -0.15) is 5.10 Å². The lowest BCUT2D eigenvalue weighted by Gasteiger charge is -2.09. The van der Waals surface area contributed by atoms with Crippen molar-refractivity contribution in [2.75, 3.05) is 20.8 Å². The number of hydrogen-bond donors (Lipinski definition) is 1. The Morgan fingerprint density at radius 3 is 2.79 bits per heavy atom. The van der Waals surface area contributed by atoms with Gasteiger partial charge in [-0.1, -0.05) is 6.07 Å². The van der Waals surface area contributed by atoms with Gasteiger partial charge in [-0.3, -0.25) is 4.79 Å². The van der Waals surface area contributed by atoms with Gasteiger partial charge in [-0.05, 0) is 30.2 Å². The van der Waals surface area contributed by atoms with Crippen LogP contribution in [0.1, 0.15) is 16.1 Å². The second-order valence-electron chi connectivity index (χ2n) is 5.15. The minimum atomic E-state index is -0.221. The number of ether oxygens (including phenoxy) is 2. The summed E-state index contributed by atoms with van der Waals surface area (Å²) in [5.41, 5.74) is 2.04. The molecule has 1 N–H and O–H groups in total. The van der Waals surface area contributed by atoms with Gasteiger partial charge in [0.2, 0.25) is 0 Å². The molecule has 3 rings (SSSR count). The standard InChI is InChI=1S/C17H18N4O3/c1-23-14-5-4-12(10-15(14)24-2)6-8-19-17(22)13-11-16-18-7-3-9-21(16)20-13/h3-5,7,9-11H,6,8H2,1-2H3,(H,19,22). The van der Waals surface area contributed by atoms with Gasteiger partial charge in [0.15, 0.2) is 22.8 Å². The van der Waals surface area contributed by atoms with E-state index in [1.165, 1.54) is 0 Å². The second-order valence-corrected chi connectivity index (χ2v) is 5.15. The van der Waals surface area contributed by atoms with Crippen molar-refractivity contribution in [2.45, 2.75) is 6.42 Å². The minimum Gasteiger partial charge on any atom is -0.493 e. The van der Waals surface area contributed by atoms with Crippen LogP contribution >= 0.6 is 0 Å². The van der Waals surface area contributed by atoms with Gasteiger partial charge in [-0.15, -0.1) is 0 Å². The maximum atomic E-state index is 12.2. The molecule has 0 aliphatic rings. The van der Waals surface area contributed by atoms with Crippen LogP contribution in [0.5, 0.6) is 11.5 Å². The third kappa shape index (κ3) is 3.29. The quantitative estimate of drug-likeness (QED) is 0.746. The lowest BCUT2D eigenvalue weighted by atomic mass is 10.1. The number of aromatic nitrogens is 3. The van der Waals surface area contributed by atoms with Crippen LogP contribution in [0.2, 0.25) is 0 Å². The number of methoxy groups -OCH3 is 2. The van der Waals surface area contributed by atoms with Gasteiger partial charge < -0.3 is 14.8 Å². The van der Waals surface area contributed by atoms with Crippen LogP contribution in [0.3, 0.4) is 0 Å². The van der Waals surface area contributed by atoms with Crippen molar-refractivity contribution in [3.8, 4) is 11.5 Å². The highest BCUT2D eigenvalue weighted by Crippen LogP contribution is 2.27. The van der Waals surface area contributed by atoms with Crippen molar-refractivity contribution in [3.63, 3.8) is 0 Å². The Morgan fingerprint density at radius 2 is 2.04 bits per heavy atom. The van der Waals surface area contributed by atoms with Crippen LogP contribution < -0.4 is 14.8 Å². The molecule has 3 aromatic rings. The average Bonchev–Trinajstić information content (AvgIpc) is 3.05. The van der Waals surface area contributed by atoms with Crippen LogP contribution in [0.25, 0.3) is 5.65 Å². The van der Waals surface area contributed by atoms with Gasteiger partial charge in [-0.25, -0.2) is 9.50 Å². The summed E-state index contributed by atoms with van der Waals surface area (Å²) >= 11 is 0. The Bertz CT molecular complexity index is 827. The summed E-state index contributed by atoms with van der Waals surface area (Å²) in [5, 5.41) is 7.05. The fourth-order valence-electron chi connectivity index (χ4n) is 2.39. The molecule has 7 nitrogen and oxygen atoms in total. The SMILES string of the molecule is COc1ccc(CCNC(=O)c2cc3ncccn3n2)cc1OC. The Kier molecular flexibility index (Phi) is 4.60. The summed E-state index contributed by atoms with van der Waals surface area (Å²) in [5.74, 6) is 1.14. The van der Waals surface area contributed by atoms with Crippen molar-refractivity contribution < 1.29 is 14.3 Å². The highest BCUT2D eigenvalue weighted by atomic mass is 16.5. The van der Waals surface area contributed by atoms with Crippen molar-refractivity contribution in [1.82, 2.24) is 19.9 Å². The lowest BCUT2D eigenvalue weighted by Crippen LogP contribution is -2.26. The van der Waals surface area contributed by atoms with Crippen LogP contribution in [0.15, 0.2) is 42.7 Å². The summed E-state index contributed by atoms with van der Waals surface area (Å²) in [7, 11) is 3.20. The van der Waals surface area contributed by atoms with Crippen molar-refractivity contribution in [3.05, 3.63) is 54.0 Å². The molecule has 0 saturated heterocycles. The van der Waals surface area contributed by atoms with Gasteiger partial charge in [0.05, 0.1) is 14.2 Å². The first-order valence-corrected chi connectivity index (χ1v) is 7.51. The average molecular weight is 326 g/mol. The predicted octanol–water partition coefficient (Wildman–Crippen LogP) is 1.72. The molecule has 2 aromatic heterocycles. The Hall–Kier alpha value is -3.09. The van der Waals surface area contributed by atoms with E-state index >= 15 is 0 Å². The molecular formula is C17H18N4O3. The molecule has 0 bridgehead atoms. The van der Waals surface area contributed by atoms with Crippen molar-refractivity contribution in [2.24, 2.45) is 0 Å². The summed E-state index contributed by atoms with van der Waals surface area (Å²) in [6.07, 6.45) is 4.09. The molecule has 0 radical (unpaired) electrons. The third-order valence-corrected chi connectivity index (χ3v) is 3.62. The normalized spacial score (nSPS) is 10.6. The van der Waals surface area contributed by atoms with Crippen LogP contribution in [0, 0.1) is 0 Å². The number of nitrogens with zero attached hydrogens (tertiary/aromatic N) is 3. The zero-order valence-corrected chi connectivity index (χ0v) is 13.5. The fourth-order valence-corrected chi connectivity index (χ4v) is 2.39. The van der Waals surface area contributed by atoms with E-state index < -0.39 is 0 Å². The number of carbonyl (C=O) groups is 1. The topological polar surface area (TPSA) is 77.8 Å². The maximum absolute atomic E-state index is 12.2. The summed E-state index contributed by atoms with van der Waals surface area (Å²) in [4.78, 5) is 16.3. The molecule has 124 valence electrons. The van der Waals surface area contributed by atoms with E-state index in [9.17, 15) is 4.79 Å². The number of rotatable bonds is 6. The Balaban J connectivity index is 1.60. The van der Waals surface area contributed by atoms with E-state index in [4.69, 9.17) is 9.47 Å². The number of carbonyl (C=O) groups excluding carboxylic acids is 1. The van der Waals surface area contributed by atoms with Crippen LogP contribution in [-0.2, 0) is 6.42 Å². The molecule has 1 amide bonds. The van der Waals surface area contributed by atoms with Crippen LogP contribution in [0.4, 0.5) is 0 Å². The van der Waals surface area contributed by atoms with Crippen molar-refractivity contribution in [1.29, 1.82) is 0 Å². The Morgan fingerprint density at radius 1 is 1.21 bits per heavy atom. The number of nitrogens with one attached hydrogen (secondary N) is 1. The number of hydrogen-bond acceptors (Lipinski definition) is 5. The molecule has 0 fully saturated rings. The first kappa shape index (κ1) is 15.8.